The van der Waals surface area contributed by atoms with Gasteiger partial charge < -0.3 is 9.57 Å². The largest absolute Gasteiger partial charge is 0.496 e. The molecule has 0 saturated heterocycles. The average molecular weight is 341 g/mol. The van der Waals surface area contributed by atoms with Gasteiger partial charge in [0.1, 0.15) is 17.0 Å². The van der Waals surface area contributed by atoms with Crippen molar-refractivity contribution in [2.75, 3.05) is 7.11 Å². The fourth-order valence-corrected chi connectivity index (χ4v) is 2.53. The third-order valence-electron chi connectivity index (χ3n) is 3.94. The van der Waals surface area contributed by atoms with Crippen LogP contribution in [0.4, 0.5) is 0 Å². The number of ketones is 1. The maximum absolute atomic E-state index is 12.5. The van der Waals surface area contributed by atoms with Crippen LogP contribution in [-0.2, 0) is 9.63 Å². The van der Waals surface area contributed by atoms with Gasteiger partial charge in [0.15, 0.2) is 5.78 Å². The molecule has 0 atom stereocenters. The van der Waals surface area contributed by atoms with E-state index in [2.05, 4.69) is 5.16 Å². The number of hydrogen-bond donors (Lipinski definition) is 0. The maximum Gasteiger partial charge on any atom is 0.369 e. The molecule has 1 aliphatic rings. The molecule has 1 aromatic rings. The van der Waals surface area contributed by atoms with Crippen LogP contribution in [0, 0.1) is 11.8 Å². The Morgan fingerprint density at radius 3 is 2.08 bits per heavy atom. The van der Waals surface area contributed by atoms with E-state index in [1.807, 2.05) is 27.7 Å². The van der Waals surface area contributed by atoms with Crippen molar-refractivity contribution in [1.82, 2.24) is 0 Å². The second-order valence-electron chi connectivity index (χ2n) is 6.43. The van der Waals surface area contributed by atoms with Crippen molar-refractivity contribution >= 4 is 17.5 Å². The molecule has 132 valence electrons. The first kappa shape index (κ1) is 18.6. The van der Waals surface area contributed by atoms with Crippen molar-refractivity contribution in [3.63, 3.8) is 0 Å². The molecule has 1 aromatic carbocycles. The lowest BCUT2D eigenvalue weighted by molar-refractivity contribution is -0.113. The molecule has 2 rings (SSSR count). The van der Waals surface area contributed by atoms with Gasteiger partial charge in [0.2, 0.25) is 0 Å². The van der Waals surface area contributed by atoms with Crippen LogP contribution in [-0.4, -0.2) is 24.6 Å². The molecule has 25 heavy (non-hydrogen) atoms. The van der Waals surface area contributed by atoms with Gasteiger partial charge in [0.25, 0.3) is 0 Å². The number of Topliss-reactive ketones (excluding diaryl/α,β-unsaturated/α-hetero) is 1. The summed E-state index contributed by atoms with van der Waals surface area (Å²) >= 11 is 0. The fourth-order valence-electron chi connectivity index (χ4n) is 2.53. The number of hydrogen-bond acceptors (Lipinski definition) is 5. The Morgan fingerprint density at radius 1 is 1.00 bits per heavy atom. The molecule has 0 aliphatic heterocycles. The van der Waals surface area contributed by atoms with Crippen LogP contribution in [0.25, 0.3) is 0 Å². The van der Waals surface area contributed by atoms with Crippen molar-refractivity contribution in [1.29, 1.82) is 0 Å². The van der Waals surface area contributed by atoms with Crippen molar-refractivity contribution < 1.29 is 19.2 Å². The van der Waals surface area contributed by atoms with Gasteiger partial charge in [-0.15, -0.1) is 0 Å². The number of rotatable bonds is 5. The molecular weight excluding hydrogens is 318 g/mol. The Kier molecular flexibility index (Phi) is 5.91. The fraction of sp³-hybridized carbons (Fsp3) is 0.350. The summed E-state index contributed by atoms with van der Waals surface area (Å²) in [6.07, 6.45) is 3.35. The van der Waals surface area contributed by atoms with Crippen LogP contribution in [0.3, 0.4) is 0 Å². The Labute approximate surface area is 148 Å². The van der Waals surface area contributed by atoms with Gasteiger partial charge in [0, 0.05) is 11.1 Å². The van der Waals surface area contributed by atoms with Gasteiger partial charge in [-0.2, -0.15) is 0 Å². The van der Waals surface area contributed by atoms with Crippen molar-refractivity contribution in [2.45, 2.75) is 27.7 Å². The number of allylic oxidation sites excluding steroid dienone is 4. The lowest BCUT2D eigenvalue weighted by atomic mass is 9.84. The molecule has 0 unspecified atom stereocenters. The molecular formula is C20H23NO4. The van der Waals surface area contributed by atoms with Crippen LogP contribution in [0.15, 0.2) is 52.7 Å². The number of methoxy groups -OCH3 is 1. The minimum Gasteiger partial charge on any atom is -0.496 e. The molecule has 0 amide bonds. The Bertz CT molecular complexity index is 740. The smallest absolute Gasteiger partial charge is 0.369 e. The summed E-state index contributed by atoms with van der Waals surface area (Å²) < 4.78 is 5.15. The van der Waals surface area contributed by atoms with Gasteiger partial charge in [-0.3, -0.25) is 4.79 Å². The summed E-state index contributed by atoms with van der Waals surface area (Å²) in [6.45, 7) is 7.80. The quantitative estimate of drug-likeness (QED) is 0.462. The van der Waals surface area contributed by atoms with Gasteiger partial charge in [-0.05, 0) is 36.1 Å². The van der Waals surface area contributed by atoms with Gasteiger partial charge in [0.05, 0.1) is 7.11 Å². The van der Waals surface area contributed by atoms with Crippen LogP contribution < -0.4 is 4.74 Å². The van der Waals surface area contributed by atoms with E-state index in [0.717, 1.165) is 0 Å². The van der Waals surface area contributed by atoms with Crippen LogP contribution in [0.2, 0.25) is 0 Å². The minimum absolute atomic E-state index is 0.0278. The van der Waals surface area contributed by atoms with E-state index in [-0.39, 0.29) is 17.6 Å². The first-order valence-corrected chi connectivity index (χ1v) is 8.25. The molecule has 0 fully saturated rings. The van der Waals surface area contributed by atoms with Crippen molar-refractivity contribution in [3.05, 3.63) is 53.1 Å². The molecule has 0 spiro atoms. The summed E-state index contributed by atoms with van der Waals surface area (Å²) in [5.41, 5.74) is 2.08. The van der Waals surface area contributed by atoms with E-state index >= 15 is 0 Å². The SMILES string of the molecule is COc1ccccc1C(=O)ON=C1C=C(C(C)C)C(=O)C(C(C)C)=C1. The van der Waals surface area contributed by atoms with E-state index in [9.17, 15) is 9.59 Å². The lowest BCUT2D eigenvalue weighted by Gasteiger charge is -2.19. The van der Waals surface area contributed by atoms with Crippen LogP contribution in [0.5, 0.6) is 5.75 Å². The maximum atomic E-state index is 12.5. The summed E-state index contributed by atoms with van der Waals surface area (Å²) in [5, 5.41) is 3.94. The van der Waals surface area contributed by atoms with Crippen molar-refractivity contribution in [3.8, 4) is 5.75 Å². The van der Waals surface area contributed by atoms with E-state index in [0.29, 0.717) is 28.2 Å². The van der Waals surface area contributed by atoms with E-state index in [4.69, 9.17) is 9.57 Å². The van der Waals surface area contributed by atoms with E-state index in [1.165, 1.54) is 7.11 Å². The van der Waals surface area contributed by atoms with Crippen LogP contribution in [0.1, 0.15) is 38.1 Å². The first-order chi connectivity index (χ1) is 11.8. The highest BCUT2D eigenvalue weighted by atomic mass is 16.7. The molecule has 0 heterocycles. The normalized spacial score (nSPS) is 14.4. The zero-order valence-corrected chi connectivity index (χ0v) is 15.2. The highest BCUT2D eigenvalue weighted by Gasteiger charge is 2.25. The number of benzene rings is 1. The lowest BCUT2D eigenvalue weighted by Crippen LogP contribution is -2.21. The monoisotopic (exact) mass is 341 g/mol. The average Bonchev–Trinajstić information content (AvgIpc) is 2.59. The number of carbonyl (C=O) groups is 2. The summed E-state index contributed by atoms with van der Waals surface area (Å²) in [7, 11) is 1.49. The zero-order chi connectivity index (χ0) is 18.6. The highest BCUT2D eigenvalue weighted by molar-refractivity contribution is 6.22. The van der Waals surface area contributed by atoms with Gasteiger partial charge in [-0.25, -0.2) is 4.79 Å². The Hall–Kier alpha value is -2.69. The number of oxime groups is 1. The van der Waals surface area contributed by atoms with Crippen LogP contribution >= 0.6 is 0 Å². The van der Waals surface area contributed by atoms with Crippen molar-refractivity contribution in [2.24, 2.45) is 17.0 Å². The second-order valence-corrected chi connectivity index (χ2v) is 6.43. The predicted molar refractivity (Wildman–Crippen MR) is 96.7 cm³/mol. The number of nitrogens with zero attached hydrogens (tertiary/aromatic N) is 1. The summed E-state index contributed by atoms with van der Waals surface area (Å²) in [6, 6.07) is 6.77. The molecule has 1 aliphatic carbocycles. The third-order valence-corrected chi connectivity index (χ3v) is 3.94. The standard InChI is InChI=1S/C20H23NO4/c1-12(2)16-10-14(11-17(13(3)4)19(16)22)21-25-20(23)15-8-6-7-9-18(15)24-5/h6-13H,1-5H3. The molecule has 5 heteroatoms. The zero-order valence-electron chi connectivity index (χ0n) is 15.2. The van der Waals surface area contributed by atoms with Gasteiger partial charge >= 0.3 is 5.97 Å². The first-order valence-electron chi connectivity index (χ1n) is 8.25. The highest BCUT2D eigenvalue weighted by Crippen LogP contribution is 2.25. The molecule has 0 bridgehead atoms. The summed E-state index contributed by atoms with van der Waals surface area (Å²) in [4.78, 5) is 29.8. The van der Waals surface area contributed by atoms with Gasteiger partial charge in [-0.1, -0.05) is 45.0 Å². The summed E-state index contributed by atoms with van der Waals surface area (Å²) in [5.74, 6) is -0.0423. The Morgan fingerprint density at radius 2 is 1.56 bits per heavy atom. The second kappa shape index (κ2) is 7.92. The Balaban J connectivity index is 2.29. The number of para-hydroxylation sites is 1. The third kappa shape index (κ3) is 4.24. The molecule has 0 N–H and O–H groups in total. The molecule has 0 radical (unpaired) electrons. The van der Waals surface area contributed by atoms with E-state index < -0.39 is 5.97 Å². The van der Waals surface area contributed by atoms with E-state index in [1.54, 1.807) is 36.4 Å². The number of ether oxygens (including phenoxy) is 1. The topological polar surface area (TPSA) is 65.0 Å². The predicted octanol–water partition coefficient (Wildman–Crippen LogP) is 3.96. The minimum atomic E-state index is -0.610. The number of carbonyl (C=O) groups excluding carboxylic acids is 2. The molecule has 0 aromatic heterocycles. The molecule has 5 nitrogen and oxygen atoms in total. The molecule has 0 saturated carbocycles.